The fourth-order valence-electron chi connectivity index (χ4n) is 3.27. The minimum Gasteiger partial charge on any atom is -0.393 e. The van der Waals surface area contributed by atoms with Crippen LogP contribution in [0.15, 0.2) is 53.4 Å². The Hall–Kier alpha value is -1.72. The molecule has 1 saturated carbocycles. The first-order valence-electron chi connectivity index (χ1n) is 8.05. The van der Waals surface area contributed by atoms with Gasteiger partial charge in [0.15, 0.2) is 9.84 Å². The second-order valence-electron chi connectivity index (χ2n) is 6.37. The van der Waals surface area contributed by atoms with Crippen LogP contribution in [0.3, 0.4) is 0 Å². The lowest BCUT2D eigenvalue weighted by molar-refractivity contribution is 0.593. The Balaban J connectivity index is 1.96. The second kappa shape index (κ2) is 6.30. The molecule has 1 aliphatic carbocycles. The van der Waals surface area contributed by atoms with Gasteiger partial charge in [0.25, 0.3) is 0 Å². The number of hydrogen-bond acceptors (Lipinski definition) is 3. The Bertz CT molecular complexity index is 855. The first-order chi connectivity index (χ1) is 11.4. The Kier molecular flexibility index (Phi) is 4.49. The van der Waals surface area contributed by atoms with Crippen molar-refractivity contribution in [2.45, 2.75) is 36.3 Å². The zero-order valence-electron chi connectivity index (χ0n) is 13.8. The maximum Gasteiger partial charge on any atom is 0.182 e. The molecule has 24 heavy (non-hydrogen) atoms. The fourth-order valence-corrected chi connectivity index (χ4v) is 5.80. The van der Waals surface area contributed by atoms with Crippen LogP contribution in [0, 0.1) is 12.8 Å². The summed E-state index contributed by atoms with van der Waals surface area (Å²) in [5, 5.41) is -0.565. The first-order valence-corrected chi connectivity index (χ1v) is 10.0. The van der Waals surface area contributed by atoms with Gasteiger partial charge in [0, 0.05) is 11.8 Å². The van der Waals surface area contributed by atoms with Gasteiger partial charge in [-0.15, -0.1) is 0 Å². The van der Waals surface area contributed by atoms with Gasteiger partial charge >= 0.3 is 0 Å². The highest BCUT2D eigenvalue weighted by molar-refractivity contribution is 7.92. The third-order valence-corrected chi connectivity index (χ3v) is 7.27. The number of thiocarbonyl (C=S) groups is 1. The van der Waals surface area contributed by atoms with Crippen LogP contribution in [0.4, 0.5) is 0 Å². The van der Waals surface area contributed by atoms with Gasteiger partial charge in [-0.2, -0.15) is 0 Å². The lowest BCUT2D eigenvalue weighted by atomic mass is 10.1. The van der Waals surface area contributed by atoms with Crippen molar-refractivity contribution in [2.24, 2.45) is 11.7 Å². The van der Waals surface area contributed by atoms with Crippen molar-refractivity contribution in [3.63, 3.8) is 0 Å². The molecular formula is C19H21NO2S2. The van der Waals surface area contributed by atoms with E-state index < -0.39 is 15.1 Å². The summed E-state index contributed by atoms with van der Waals surface area (Å²) in [6, 6.07) is 15.0. The van der Waals surface area contributed by atoms with Crippen molar-refractivity contribution in [2.75, 3.05) is 0 Å². The molecule has 0 unspecified atom stereocenters. The lowest BCUT2D eigenvalue weighted by Crippen LogP contribution is -2.17. The SMILES string of the molecule is CCc1ccc([C@H]2[C@H](C(N)=S)[C@@H]2S(=O)(=O)c2ccc(C)cc2)cc1. The van der Waals surface area contributed by atoms with Crippen molar-refractivity contribution in [1.82, 2.24) is 0 Å². The van der Waals surface area contributed by atoms with Crippen molar-refractivity contribution < 1.29 is 8.42 Å². The molecule has 126 valence electrons. The molecule has 3 atom stereocenters. The predicted octanol–water partition coefficient (Wildman–Crippen LogP) is 3.40. The van der Waals surface area contributed by atoms with Crippen molar-refractivity contribution in [3.05, 3.63) is 65.2 Å². The lowest BCUT2D eigenvalue weighted by Gasteiger charge is -2.05. The van der Waals surface area contributed by atoms with Gasteiger partial charge in [-0.1, -0.05) is 61.1 Å². The van der Waals surface area contributed by atoms with Crippen molar-refractivity contribution in [3.8, 4) is 0 Å². The van der Waals surface area contributed by atoms with E-state index in [9.17, 15) is 8.42 Å². The Morgan fingerprint density at radius 1 is 1.08 bits per heavy atom. The van der Waals surface area contributed by atoms with Crippen molar-refractivity contribution >= 4 is 27.0 Å². The normalized spacial score (nSPS) is 23.0. The Labute approximate surface area is 148 Å². The van der Waals surface area contributed by atoms with Gasteiger partial charge in [-0.3, -0.25) is 0 Å². The molecule has 0 radical (unpaired) electrons. The third kappa shape index (κ3) is 2.98. The summed E-state index contributed by atoms with van der Waals surface area (Å²) in [6.45, 7) is 4.03. The zero-order chi connectivity index (χ0) is 17.5. The van der Waals surface area contributed by atoms with E-state index in [4.69, 9.17) is 18.0 Å². The molecule has 0 bridgehead atoms. The van der Waals surface area contributed by atoms with Gasteiger partial charge in [0.1, 0.15) is 0 Å². The quantitative estimate of drug-likeness (QED) is 0.831. The molecular weight excluding hydrogens is 338 g/mol. The highest BCUT2D eigenvalue weighted by Crippen LogP contribution is 2.54. The van der Waals surface area contributed by atoms with E-state index in [1.54, 1.807) is 12.1 Å². The summed E-state index contributed by atoms with van der Waals surface area (Å²) in [4.78, 5) is 0.618. The van der Waals surface area contributed by atoms with Gasteiger partial charge < -0.3 is 5.73 Å². The van der Waals surface area contributed by atoms with E-state index in [0.717, 1.165) is 17.5 Å². The molecule has 2 aromatic rings. The minimum absolute atomic E-state index is 0.153. The average molecular weight is 360 g/mol. The first kappa shape index (κ1) is 17.1. The van der Waals surface area contributed by atoms with Gasteiger partial charge in [0.2, 0.25) is 0 Å². The van der Waals surface area contributed by atoms with Crippen molar-refractivity contribution in [1.29, 1.82) is 0 Å². The number of hydrogen-bond donors (Lipinski definition) is 1. The molecule has 1 aliphatic rings. The van der Waals surface area contributed by atoms with E-state index >= 15 is 0 Å². The van der Waals surface area contributed by atoms with E-state index in [1.807, 2.05) is 43.3 Å². The van der Waals surface area contributed by atoms with Crippen LogP contribution in [-0.4, -0.2) is 18.7 Å². The zero-order valence-corrected chi connectivity index (χ0v) is 15.4. The molecule has 0 spiro atoms. The van der Waals surface area contributed by atoms with Crippen LogP contribution in [0.2, 0.25) is 0 Å². The third-order valence-electron chi connectivity index (χ3n) is 4.76. The van der Waals surface area contributed by atoms with E-state index in [-0.39, 0.29) is 16.8 Å². The molecule has 5 heteroatoms. The molecule has 2 N–H and O–H groups in total. The summed E-state index contributed by atoms with van der Waals surface area (Å²) in [5.74, 6) is -0.446. The Morgan fingerprint density at radius 3 is 2.17 bits per heavy atom. The molecule has 0 aromatic heterocycles. The fraction of sp³-hybridized carbons (Fsp3) is 0.316. The van der Waals surface area contributed by atoms with Crippen LogP contribution in [0.5, 0.6) is 0 Å². The maximum atomic E-state index is 13.0. The standard InChI is InChI=1S/C19H21NO2S2/c1-3-13-6-8-14(9-7-13)16-17(19(20)23)18(16)24(21,22)15-10-4-12(2)5-11-15/h4-11,16-18H,3H2,1-2H3,(H2,20,23)/t16-,17-,18+/m0/s1. The number of rotatable bonds is 5. The monoisotopic (exact) mass is 359 g/mol. The number of benzene rings is 2. The van der Waals surface area contributed by atoms with Gasteiger partial charge in [-0.05, 0) is 36.6 Å². The molecule has 0 amide bonds. The van der Waals surface area contributed by atoms with E-state index in [0.29, 0.717) is 4.90 Å². The molecule has 0 saturated heterocycles. The smallest absolute Gasteiger partial charge is 0.182 e. The summed E-state index contributed by atoms with van der Waals surface area (Å²) in [7, 11) is -3.46. The van der Waals surface area contributed by atoms with Crippen LogP contribution in [0.1, 0.15) is 29.5 Å². The molecule has 2 aromatic carbocycles. The second-order valence-corrected chi connectivity index (χ2v) is 8.95. The summed E-state index contributed by atoms with van der Waals surface area (Å²) < 4.78 is 26.0. The topological polar surface area (TPSA) is 60.2 Å². The van der Waals surface area contributed by atoms with Crippen LogP contribution >= 0.6 is 12.2 Å². The van der Waals surface area contributed by atoms with Crippen LogP contribution in [-0.2, 0) is 16.3 Å². The number of nitrogens with two attached hydrogens (primary N) is 1. The predicted molar refractivity (Wildman–Crippen MR) is 101 cm³/mol. The average Bonchev–Trinajstić information content (AvgIpc) is 3.32. The summed E-state index contributed by atoms with van der Waals surface area (Å²) in [5.41, 5.74) is 9.09. The van der Waals surface area contributed by atoms with Gasteiger partial charge in [0.05, 0.1) is 15.1 Å². The molecule has 3 nitrogen and oxygen atoms in total. The summed E-state index contributed by atoms with van der Waals surface area (Å²) >= 11 is 5.14. The molecule has 3 rings (SSSR count). The molecule has 1 fully saturated rings. The van der Waals surface area contributed by atoms with Gasteiger partial charge in [-0.25, -0.2) is 8.42 Å². The number of sulfone groups is 1. The number of aryl methyl sites for hydroxylation is 2. The Morgan fingerprint density at radius 2 is 1.67 bits per heavy atom. The van der Waals surface area contributed by atoms with E-state index in [1.165, 1.54) is 5.56 Å². The van der Waals surface area contributed by atoms with E-state index in [2.05, 4.69) is 6.92 Å². The highest BCUT2D eigenvalue weighted by atomic mass is 32.2. The summed E-state index contributed by atoms with van der Waals surface area (Å²) in [6.07, 6.45) is 0.953. The minimum atomic E-state index is -3.46. The maximum absolute atomic E-state index is 13.0. The van der Waals surface area contributed by atoms with Crippen LogP contribution < -0.4 is 5.73 Å². The molecule has 0 heterocycles. The van der Waals surface area contributed by atoms with Crippen LogP contribution in [0.25, 0.3) is 0 Å². The molecule has 0 aliphatic heterocycles. The largest absolute Gasteiger partial charge is 0.393 e. The highest BCUT2D eigenvalue weighted by Gasteiger charge is 2.60.